The molecule has 7 heteroatoms. The molecule has 0 aromatic heterocycles. The molecule has 0 saturated carbocycles. The second kappa shape index (κ2) is 8.61. The van der Waals surface area contributed by atoms with Crippen LogP contribution in [0.15, 0.2) is 56.0 Å². The van der Waals surface area contributed by atoms with Gasteiger partial charge in [-0.05, 0) is 87.9 Å². The smallest absolute Gasteiger partial charge is 0.210 e. The van der Waals surface area contributed by atoms with Gasteiger partial charge in [0, 0.05) is 0 Å². The van der Waals surface area contributed by atoms with Crippen LogP contribution in [0.5, 0.6) is 5.75 Å². The van der Waals surface area contributed by atoms with Gasteiger partial charge in [0.1, 0.15) is 10.6 Å². The molecule has 0 atom stereocenters. The van der Waals surface area contributed by atoms with Gasteiger partial charge in [-0.15, -0.1) is 0 Å². The number of aryl methyl sites for hydroxylation is 7. The molecule has 0 aliphatic heterocycles. The average molecular weight is 487 g/mol. The van der Waals surface area contributed by atoms with Gasteiger partial charge in [0.25, 0.3) is 0 Å². The Kier molecular flexibility index (Phi) is 6.52. The quantitative estimate of drug-likeness (QED) is 0.517. The highest BCUT2D eigenvalue weighted by Gasteiger charge is 2.31. The summed E-state index contributed by atoms with van der Waals surface area (Å²) in [6.07, 6.45) is 0.314. The predicted octanol–water partition coefficient (Wildman–Crippen LogP) is 5.47. The number of hydrogen-bond acceptors (Lipinski definition) is 5. The standard InChI is InChI=1S/C26H30O5S2/c1-8-21-13-22(27)24(33(30,31)26-19(6)11-16(3)12-20(26)7)14-23(21)32(28,29)25-17(4)9-15(2)10-18(25)5/h9-14,27H,8H2,1-7H3. The maximum atomic E-state index is 13.8. The Hall–Kier alpha value is -2.64. The molecule has 0 unspecified atom stereocenters. The molecule has 3 aromatic carbocycles. The minimum atomic E-state index is -4.18. The van der Waals surface area contributed by atoms with E-state index in [0.717, 1.165) is 17.2 Å². The molecular weight excluding hydrogens is 456 g/mol. The first-order valence-corrected chi connectivity index (χ1v) is 13.7. The summed E-state index contributed by atoms with van der Waals surface area (Å²) >= 11 is 0. The van der Waals surface area contributed by atoms with Crippen LogP contribution in [-0.2, 0) is 26.1 Å². The summed E-state index contributed by atoms with van der Waals surface area (Å²) in [4.78, 5) is -0.257. The molecule has 176 valence electrons. The molecule has 0 fully saturated rings. The van der Waals surface area contributed by atoms with E-state index in [0.29, 0.717) is 34.2 Å². The lowest BCUT2D eigenvalue weighted by molar-refractivity contribution is 0.456. The average Bonchev–Trinajstić information content (AvgIpc) is 2.64. The van der Waals surface area contributed by atoms with Crippen LogP contribution in [0.1, 0.15) is 45.9 Å². The van der Waals surface area contributed by atoms with Crippen LogP contribution < -0.4 is 0 Å². The van der Waals surface area contributed by atoms with Crippen molar-refractivity contribution >= 4 is 19.7 Å². The van der Waals surface area contributed by atoms with Crippen molar-refractivity contribution in [2.45, 2.75) is 74.5 Å². The molecule has 3 aromatic rings. The van der Waals surface area contributed by atoms with Crippen molar-refractivity contribution in [2.75, 3.05) is 0 Å². The fraction of sp³-hybridized carbons (Fsp3) is 0.308. The number of sulfone groups is 2. The third-order valence-electron chi connectivity index (χ3n) is 5.85. The van der Waals surface area contributed by atoms with E-state index < -0.39 is 30.3 Å². The summed E-state index contributed by atoms with van der Waals surface area (Å²) in [6, 6.07) is 9.49. The molecule has 33 heavy (non-hydrogen) atoms. The van der Waals surface area contributed by atoms with Crippen molar-refractivity contribution in [1.82, 2.24) is 0 Å². The van der Waals surface area contributed by atoms with Crippen LogP contribution in [0.3, 0.4) is 0 Å². The Labute approximate surface area is 197 Å². The molecular formula is C26H30O5S2. The van der Waals surface area contributed by atoms with Crippen LogP contribution in [0.4, 0.5) is 0 Å². The molecule has 0 saturated heterocycles. The highest BCUT2D eigenvalue weighted by molar-refractivity contribution is 7.92. The lowest BCUT2D eigenvalue weighted by Crippen LogP contribution is -2.13. The predicted molar refractivity (Wildman–Crippen MR) is 130 cm³/mol. The molecule has 5 nitrogen and oxygen atoms in total. The van der Waals surface area contributed by atoms with E-state index in [-0.39, 0.29) is 14.7 Å². The molecule has 0 aliphatic rings. The van der Waals surface area contributed by atoms with Crippen LogP contribution in [-0.4, -0.2) is 21.9 Å². The number of benzene rings is 3. The summed E-state index contributed by atoms with van der Waals surface area (Å²) in [5.41, 5.74) is 4.50. The Bertz CT molecular complexity index is 1440. The first-order chi connectivity index (χ1) is 15.2. The van der Waals surface area contributed by atoms with Gasteiger partial charge in [-0.25, -0.2) is 16.8 Å². The maximum absolute atomic E-state index is 13.8. The second-order valence-corrected chi connectivity index (χ2v) is 12.5. The minimum absolute atomic E-state index is 0.0821. The SMILES string of the molecule is CCc1cc(O)c(S(=O)(=O)c2c(C)cc(C)cc2C)cc1S(=O)(=O)c1c(C)cc(C)cc1C. The van der Waals surface area contributed by atoms with Gasteiger partial charge < -0.3 is 5.11 Å². The fourth-order valence-electron chi connectivity index (χ4n) is 4.74. The van der Waals surface area contributed by atoms with Gasteiger partial charge >= 0.3 is 0 Å². The van der Waals surface area contributed by atoms with Gasteiger partial charge in [-0.3, -0.25) is 0 Å². The fourth-order valence-corrected chi connectivity index (χ4v) is 8.61. The van der Waals surface area contributed by atoms with Crippen LogP contribution in [0.2, 0.25) is 0 Å². The van der Waals surface area contributed by atoms with Crippen LogP contribution >= 0.6 is 0 Å². The minimum Gasteiger partial charge on any atom is -0.507 e. The first-order valence-electron chi connectivity index (χ1n) is 10.7. The zero-order valence-electron chi connectivity index (χ0n) is 20.1. The number of aromatic hydroxyl groups is 1. The monoisotopic (exact) mass is 486 g/mol. The topological polar surface area (TPSA) is 88.5 Å². The van der Waals surface area contributed by atoms with E-state index in [4.69, 9.17) is 0 Å². The van der Waals surface area contributed by atoms with Crippen LogP contribution in [0, 0.1) is 41.5 Å². The molecule has 0 heterocycles. The van der Waals surface area contributed by atoms with Crippen molar-refractivity contribution in [2.24, 2.45) is 0 Å². The third kappa shape index (κ3) is 4.32. The Morgan fingerprint density at radius 2 is 0.970 bits per heavy atom. The first kappa shape index (κ1) is 25.0. The number of phenolic OH excluding ortho intramolecular Hbond substituents is 1. The van der Waals surface area contributed by atoms with Crippen molar-refractivity contribution in [1.29, 1.82) is 0 Å². The van der Waals surface area contributed by atoms with Crippen LogP contribution in [0.25, 0.3) is 0 Å². The largest absolute Gasteiger partial charge is 0.507 e. The lowest BCUT2D eigenvalue weighted by atomic mass is 10.1. The van der Waals surface area contributed by atoms with Gasteiger partial charge in [0.05, 0.1) is 14.7 Å². The normalized spacial score (nSPS) is 12.2. The Balaban J connectivity index is 2.37. The molecule has 3 rings (SSSR count). The highest BCUT2D eigenvalue weighted by Crippen LogP contribution is 2.38. The number of phenols is 1. The summed E-state index contributed by atoms with van der Waals surface area (Å²) in [6.45, 7) is 12.4. The molecule has 0 spiro atoms. The zero-order chi connectivity index (χ0) is 24.9. The molecule has 0 amide bonds. The van der Waals surface area contributed by atoms with Crippen molar-refractivity contribution < 1.29 is 21.9 Å². The Morgan fingerprint density at radius 1 is 0.606 bits per heavy atom. The summed E-state index contributed by atoms with van der Waals surface area (Å²) < 4.78 is 54.9. The molecule has 0 radical (unpaired) electrons. The van der Waals surface area contributed by atoms with Crippen molar-refractivity contribution in [3.63, 3.8) is 0 Å². The van der Waals surface area contributed by atoms with E-state index in [1.807, 2.05) is 13.8 Å². The molecule has 1 N–H and O–H groups in total. The van der Waals surface area contributed by atoms with E-state index in [1.54, 1.807) is 58.9 Å². The highest BCUT2D eigenvalue weighted by atomic mass is 32.2. The van der Waals surface area contributed by atoms with Gasteiger partial charge in [-0.1, -0.05) is 42.3 Å². The van der Waals surface area contributed by atoms with E-state index in [9.17, 15) is 21.9 Å². The Morgan fingerprint density at radius 3 is 1.33 bits per heavy atom. The summed E-state index contributed by atoms with van der Waals surface area (Å²) in [7, 11) is -8.22. The van der Waals surface area contributed by atoms with E-state index in [1.165, 1.54) is 6.07 Å². The number of hydrogen-bond donors (Lipinski definition) is 1. The summed E-state index contributed by atoms with van der Waals surface area (Å²) in [5, 5.41) is 10.7. The lowest BCUT2D eigenvalue weighted by Gasteiger charge is -2.18. The van der Waals surface area contributed by atoms with Gasteiger partial charge in [0.15, 0.2) is 0 Å². The second-order valence-electron chi connectivity index (χ2n) is 8.74. The maximum Gasteiger partial charge on any atom is 0.210 e. The van der Waals surface area contributed by atoms with E-state index in [2.05, 4.69) is 0 Å². The van der Waals surface area contributed by atoms with Gasteiger partial charge in [-0.2, -0.15) is 0 Å². The van der Waals surface area contributed by atoms with Crippen molar-refractivity contribution in [3.8, 4) is 5.75 Å². The third-order valence-corrected chi connectivity index (χ3v) is 10.1. The molecule has 0 bridgehead atoms. The number of rotatable bonds is 5. The van der Waals surface area contributed by atoms with Gasteiger partial charge in [0.2, 0.25) is 19.7 Å². The van der Waals surface area contributed by atoms with Crippen molar-refractivity contribution in [3.05, 3.63) is 75.3 Å². The zero-order valence-corrected chi connectivity index (χ0v) is 21.7. The summed E-state index contributed by atoms with van der Waals surface area (Å²) in [5.74, 6) is -0.456. The molecule has 0 aliphatic carbocycles. The van der Waals surface area contributed by atoms with E-state index >= 15 is 0 Å².